The van der Waals surface area contributed by atoms with Gasteiger partial charge in [-0.15, -0.1) is 24.0 Å². The highest BCUT2D eigenvalue weighted by Crippen LogP contribution is 2.35. The summed E-state index contributed by atoms with van der Waals surface area (Å²) >= 11 is 15.6. The molecule has 0 radical (unpaired) electrons. The molecule has 0 nitrogen and oxygen atoms in total. The molecule has 0 fully saturated rings. The monoisotopic (exact) mass is 292 g/mol. The second-order valence-corrected chi connectivity index (χ2v) is 5.02. The van der Waals surface area contributed by atoms with Crippen LogP contribution in [0, 0.1) is 0 Å². The van der Waals surface area contributed by atoms with E-state index in [1.54, 1.807) is 11.3 Å². The number of fused-ring (bicyclic) bond motifs is 1. The molecule has 68 valence electrons. The summed E-state index contributed by atoms with van der Waals surface area (Å²) in [5, 5.41) is 4.82. The summed E-state index contributed by atoms with van der Waals surface area (Å²) in [6.07, 6.45) is 0. The van der Waals surface area contributed by atoms with Gasteiger partial charge in [-0.3, -0.25) is 0 Å². The number of hydrogen-bond acceptors (Lipinski definition) is 2. The van der Waals surface area contributed by atoms with Gasteiger partial charge in [0, 0.05) is 14.9 Å². The van der Waals surface area contributed by atoms with E-state index in [2.05, 4.69) is 40.0 Å². The fraction of sp³-hybridized carbons (Fsp3) is 0.111. The normalized spacial score (nSPS) is 11.0. The highest BCUT2D eigenvalue weighted by atomic mass is 79.9. The lowest BCUT2D eigenvalue weighted by Crippen LogP contribution is -1.82. The first kappa shape index (κ1) is 9.84. The number of rotatable bonds is 1. The fourth-order valence-electron chi connectivity index (χ4n) is 1.27. The van der Waals surface area contributed by atoms with Gasteiger partial charge in [-0.2, -0.15) is 0 Å². The molecule has 4 heteroatoms. The van der Waals surface area contributed by atoms with Gasteiger partial charge in [-0.25, -0.2) is 0 Å². The van der Waals surface area contributed by atoms with E-state index in [4.69, 9.17) is 11.6 Å². The van der Waals surface area contributed by atoms with E-state index in [1.807, 2.05) is 6.07 Å². The number of alkyl halides is 1. The Kier molecular flexibility index (Phi) is 2.88. The van der Waals surface area contributed by atoms with Crippen molar-refractivity contribution in [3.05, 3.63) is 28.1 Å². The molecule has 2 rings (SSSR count). The zero-order chi connectivity index (χ0) is 9.42. The average molecular weight is 294 g/mol. The van der Waals surface area contributed by atoms with E-state index in [0.717, 1.165) is 20.8 Å². The summed E-state index contributed by atoms with van der Waals surface area (Å²) in [4.78, 5) is 0.853. The number of benzene rings is 1. The van der Waals surface area contributed by atoms with Crippen molar-refractivity contribution in [2.24, 2.45) is 0 Å². The van der Waals surface area contributed by atoms with E-state index in [-0.39, 0.29) is 0 Å². The summed E-state index contributed by atoms with van der Waals surface area (Å²) in [5.41, 5.74) is 1.13. The number of thiophene rings is 1. The molecule has 0 aliphatic heterocycles. The van der Waals surface area contributed by atoms with E-state index < -0.39 is 0 Å². The molecular weight excluding hydrogens is 288 g/mol. The molecule has 13 heavy (non-hydrogen) atoms. The molecule has 0 saturated carbocycles. The van der Waals surface area contributed by atoms with Crippen molar-refractivity contribution in [1.82, 2.24) is 0 Å². The molecule has 0 spiro atoms. The van der Waals surface area contributed by atoms with E-state index >= 15 is 0 Å². The Bertz CT molecular complexity index is 450. The van der Waals surface area contributed by atoms with E-state index in [0.29, 0.717) is 0 Å². The minimum Gasteiger partial charge on any atom is -0.144 e. The van der Waals surface area contributed by atoms with Gasteiger partial charge in [0.1, 0.15) is 0 Å². The lowest BCUT2D eigenvalue weighted by molar-refractivity contribution is 1.41. The third-order valence-corrected chi connectivity index (χ3v) is 4.25. The summed E-state index contributed by atoms with van der Waals surface area (Å²) in [7, 11) is 0. The Morgan fingerprint density at radius 1 is 1.54 bits per heavy atom. The zero-order valence-electron chi connectivity index (χ0n) is 6.55. The maximum Gasteiger partial charge on any atom is 0.0586 e. The molecule has 0 N–H and O–H groups in total. The van der Waals surface area contributed by atoms with Crippen LogP contribution in [0.1, 0.15) is 5.56 Å². The molecular formula is C9H6BrClS2. The standard InChI is InChI=1S/C9H6BrClS2/c10-4-6-5-1-2-13-8(5)3-7(12)9(6)11/h1-3,12H,4H2. The van der Waals surface area contributed by atoms with E-state index in [1.165, 1.54) is 10.1 Å². The van der Waals surface area contributed by atoms with Crippen LogP contribution in [0.2, 0.25) is 5.02 Å². The van der Waals surface area contributed by atoms with Crippen LogP contribution in [-0.4, -0.2) is 0 Å². The molecule has 0 amide bonds. The Hall–Kier alpha value is 0.300. The van der Waals surface area contributed by atoms with Crippen LogP contribution in [0.3, 0.4) is 0 Å². The predicted molar refractivity (Wildman–Crippen MR) is 66.7 cm³/mol. The van der Waals surface area contributed by atoms with Gasteiger partial charge in [0.2, 0.25) is 0 Å². The molecule has 1 aromatic heterocycles. The van der Waals surface area contributed by atoms with Gasteiger partial charge in [-0.1, -0.05) is 27.5 Å². The zero-order valence-corrected chi connectivity index (χ0v) is 10.6. The maximum absolute atomic E-state index is 6.13. The summed E-state index contributed by atoms with van der Waals surface area (Å²) in [6, 6.07) is 4.10. The highest BCUT2D eigenvalue weighted by molar-refractivity contribution is 9.08. The van der Waals surface area contributed by atoms with Crippen molar-refractivity contribution >= 4 is 61.6 Å². The van der Waals surface area contributed by atoms with Gasteiger partial charge in [0.15, 0.2) is 0 Å². The van der Waals surface area contributed by atoms with Gasteiger partial charge < -0.3 is 0 Å². The molecule has 2 aromatic rings. The van der Waals surface area contributed by atoms with Crippen LogP contribution in [0.5, 0.6) is 0 Å². The van der Waals surface area contributed by atoms with Crippen LogP contribution in [0.15, 0.2) is 22.4 Å². The predicted octanol–water partition coefficient (Wildman–Crippen LogP) is 4.74. The van der Waals surface area contributed by atoms with Crippen LogP contribution >= 0.6 is 51.5 Å². The lowest BCUT2D eigenvalue weighted by Gasteiger charge is -2.04. The lowest BCUT2D eigenvalue weighted by atomic mass is 10.1. The smallest absolute Gasteiger partial charge is 0.0586 e. The quantitative estimate of drug-likeness (QED) is 0.570. The summed E-state index contributed by atoms with van der Waals surface area (Å²) in [6.45, 7) is 0. The van der Waals surface area contributed by atoms with Crippen LogP contribution in [0.25, 0.3) is 10.1 Å². The summed E-state index contributed by atoms with van der Waals surface area (Å²) in [5.74, 6) is 0. The van der Waals surface area contributed by atoms with Crippen molar-refractivity contribution in [3.63, 3.8) is 0 Å². The number of halogens is 2. The first-order valence-corrected chi connectivity index (χ1v) is 6.50. The van der Waals surface area contributed by atoms with Crippen molar-refractivity contribution in [3.8, 4) is 0 Å². The first-order chi connectivity index (χ1) is 6.24. The van der Waals surface area contributed by atoms with Crippen LogP contribution < -0.4 is 0 Å². The first-order valence-electron chi connectivity index (χ1n) is 3.67. The maximum atomic E-state index is 6.13. The topological polar surface area (TPSA) is 0 Å². The minimum atomic E-state index is 0.756. The van der Waals surface area contributed by atoms with Gasteiger partial charge in [0.05, 0.1) is 5.02 Å². The molecule has 1 aromatic carbocycles. The van der Waals surface area contributed by atoms with E-state index in [9.17, 15) is 0 Å². The molecule has 0 bridgehead atoms. The van der Waals surface area contributed by atoms with Crippen molar-refractivity contribution < 1.29 is 0 Å². The minimum absolute atomic E-state index is 0.756. The molecule has 0 saturated heterocycles. The van der Waals surface area contributed by atoms with Crippen molar-refractivity contribution in [2.45, 2.75) is 10.2 Å². The van der Waals surface area contributed by atoms with Gasteiger partial charge in [0.25, 0.3) is 0 Å². The van der Waals surface area contributed by atoms with Crippen molar-refractivity contribution in [1.29, 1.82) is 0 Å². The molecule has 1 heterocycles. The SMILES string of the molecule is Sc1cc2sccc2c(CBr)c1Cl. The second-order valence-electron chi connectivity index (χ2n) is 2.65. The second kappa shape index (κ2) is 3.81. The Morgan fingerprint density at radius 3 is 3.00 bits per heavy atom. The largest absolute Gasteiger partial charge is 0.144 e. The molecule has 0 aliphatic carbocycles. The Morgan fingerprint density at radius 2 is 2.31 bits per heavy atom. The van der Waals surface area contributed by atoms with Gasteiger partial charge >= 0.3 is 0 Å². The molecule has 0 atom stereocenters. The number of hydrogen-bond donors (Lipinski definition) is 1. The van der Waals surface area contributed by atoms with Crippen molar-refractivity contribution in [2.75, 3.05) is 0 Å². The van der Waals surface area contributed by atoms with Crippen LogP contribution in [0.4, 0.5) is 0 Å². The molecule has 0 unspecified atom stereocenters. The third kappa shape index (κ3) is 1.63. The van der Waals surface area contributed by atoms with Gasteiger partial charge in [-0.05, 0) is 28.5 Å². The fourth-order valence-corrected chi connectivity index (χ4v) is 3.45. The average Bonchev–Trinajstić information content (AvgIpc) is 2.54. The number of thiol groups is 1. The third-order valence-electron chi connectivity index (χ3n) is 1.91. The highest BCUT2D eigenvalue weighted by Gasteiger charge is 2.09. The summed E-state index contributed by atoms with van der Waals surface area (Å²) < 4.78 is 1.24. The Labute approximate surface area is 99.4 Å². The molecule has 0 aliphatic rings. The Balaban J connectivity index is 2.87. The van der Waals surface area contributed by atoms with Crippen LogP contribution in [-0.2, 0) is 5.33 Å².